The Hall–Kier alpha value is -3.55. The normalized spacial score (nSPS) is 15.8. The van der Waals surface area contributed by atoms with E-state index in [1.807, 2.05) is 36.4 Å². The van der Waals surface area contributed by atoms with Crippen molar-refractivity contribution in [1.82, 2.24) is 15.5 Å². The third-order valence-corrected chi connectivity index (χ3v) is 4.62. The van der Waals surface area contributed by atoms with Gasteiger partial charge in [0.25, 0.3) is 5.91 Å². The first kappa shape index (κ1) is 20.2. The molecule has 2 N–H and O–H groups in total. The Balaban J connectivity index is 1.54. The highest BCUT2D eigenvalue weighted by Crippen LogP contribution is 2.27. The molecule has 0 spiro atoms. The Morgan fingerprint density at radius 3 is 2.45 bits per heavy atom. The number of carbonyl (C=O) groups excluding carboxylic acids is 3. The van der Waals surface area contributed by atoms with Crippen LogP contribution in [0.5, 0.6) is 11.5 Å². The van der Waals surface area contributed by atoms with Crippen molar-refractivity contribution in [1.29, 1.82) is 0 Å². The van der Waals surface area contributed by atoms with Crippen molar-refractivity contribution in [2.45, 2.75) is 25.6 Å². The van der Waals surface area contributed by atoms with Crippen LogP contribution in [0.4, 0.5) is 4.79 Å². The van der Waals surface area contributed by atoms with Crippen LogP contribution >= 0.6 is 0 Å². The molecule has 1 atom stereocenters. The van der Waals surface area contributed by atoms with Gasteiger partial charge in [-0.25, -0.2) is 4.79 Å². The lowest BCUT2D eigenvalue weighted by Gasteiger charge is -2.13. The van der Waals surface area contributed by atoms with E-state index in [9.17, 15) is 14.4 Å². The zero-order valence-corrected chi connectivity index (χ0v) is 16.3. The molecule has 0 bridgehead atoms. The topological polar surface area (TPSA) is 97.0 Å². The van der Waals surface area contributed by atoms with Crippen LogP contribution in [0.3, 0.4) is 0 Å². The van der Waals surface area contributed by atoms with Gasteiger partial charge in [0, 0.05) is 6.54 Å². The minimum atomic E-state index is -0.864. The van der Waals surface area contributed by atoms with Crippen molar-refractivity contribution in [3.8, 4) is 11.5 Å². The predicted octanol–water partition coefficient (Wildman–Crippen LogP) is 1.83. The van der Waals surface area contributed by atoms with E-state index in [0.717, 1.165) is 16.0 Å². The van der Waals surface area contributed by atoms with Crippen molar-refractivity contribution in [2.24, 2.45) is 0 Å². The largest absolute Gasteiger partial charge is 0.493 e. The van der Waals surface area contributed by atoms with Crippen molar-refractivity contribution < 1.29 is 23.9 Å². The predicted molar refractivity (Wildman–Crippen MR) is 105 cm³/mol. The average Bonchev–Trinajstić information content (AvgIpc) is 3.00. The molecule has 2 aromatic rings. The number of urea groups is 1. The second-order valence-corrected chi connectivity index (χ2v) is 6.58. The Kier molecular flexibility index (Phi) is 6.33. The number of amides is 4. The summed E-state index contributed by atoms with van der Waals surface area (Å²) in [5.74, 6) is 0.425. The van der Waals surface area contributed by atoms with Crippen LogP contribution in [0, 0.1) is 0 Å². The molecule has 0 saturated carbocycles. The first-order valence-electron chi connectivity index (χ1n) is 9.15. The van der Waals surface area contributed by atoms with Gasteiger partial charge in [0.2, 0.25) is 5.91 Å². The monoisotopic (exact) mass is 397 g/mol. The van der Waals surface area contributed by atoms with Crippen LogP contribution in [0.2, 0.25) is 0 Å². The maximum absolute atomic E-state index is 12.5. The quantitative estimate of drug-likeness (QED) is 0.663. The van der Waals surface area contributed by atoms with Gasteiger partial charge < -0.3 is 20.1 Å². The van der Waals surface area contributed by atoms with Crippen molar-refractivity contribution in [3.05, 3.63) is 59.7 Å². The summed E-state index contributed by atoms with van der Waals surface area (Å²) in [7, 11) is 3.09. The maximum atomic E-state index is 12.5. The van der Waals surface area contributed by atoms with Crippen molar-refractivity contribution in [2.75, 3.05) is 14.2 Å². The number of rotatable bonds is 8. The summed E-state index contributed by atoms with van der Waals surface area (Å²) in [6.45, 7) is 0.442. The van der Waals surface area contributed by atoms with Gasteiger partial charge in [-0.3, -0.25) is 14.5 Å². The first-order chi connectivity index (χ1) is 14.0. The summed E-state index contributed by atoms with van der Waals surface area (Å²) in [5, 5.41) is 5.33. The van der Waals surface area contributed by atoms with E-state index in [0.29, 0.717) is 11.5 Å². The standard InChI is InChI=1S/C21H23N3O5/c1-28-17-9-8-15(10-18(17)29-2)12-22-19(25)11-16-20(26)24(21(27)23-16)13-14-6-4-3-5-7-14/h3-10,16H,11-13H2,1-2H3,(H,22,25)(H,23,27)/t16-/m0/s1. The van der Waals surface area contributed by atoms with Gasteiger partial charge in [0.1, 0.15) is 6.04 Å². The van der Waals surface area contributed by atoms with Crippen LogP contribution in [-0.2, 0) is 22.7 Å². The molecule has 1 aliphatic rings. The highest BCUT2D eigenvalue weighted by Gasteiger charge is 2.38. The smallest absolute Gasteiger partial charge is 0.325 e. The van der Waals surface area contributed by atoms with Gasteiger partial charge in [-0.2, -0.15) is 0 Å². The summed E-state index contributed by atoms with van der Waals surface area (Å²) >= 11 is 0. The van der Waals surface area contributed by atoms with Crippen LogP contribution in [0.25, 0.3) is 0 Å². The number of hydrogen-bond acceptors (Lipinski definition) is 5. The SMILES string of the molecule is COc1ccc(CNC(=O)C[C@@H]2NC(=O)N(Cc3ccccc3)C2=O)cc1OC. The average molecular weight is 397 g/mol. The highest BCUT2D eigenvalue weighted by atomic mass is 16.5. The molecule has 1 aliphatic heterocycles. The van der Waals surface area contributed by atoms with E-state index in [2.05, 4.69) is 10.6 Å². The fourth-order valence-electron chi connectivity index (χ4n) is 3.08. The van der Waals surface area contributed by atoms with E-state index < -0.39 is 18.0 Å². The minimum Gasteiger partial charge on any atom is -0.493 e. The van der Waals surface area contributed by atoms with E-state index in [4.69, 9.17) is 9.47 Å². The lowest BCUT2D eigenvalue weighted by atomic mass is 10.1. The minimum absolute atomic E-state index is 0.122. The number of nitrogens with one attached hydrogen (secondary N) is 2. The zero-order chi connectivity index (χ0) is 20.8. The lowest BCUT2D eigenvalue weighted by Crippen LogP contribution is -2.36. The second kappa shape index (κ2) is 9.09. The van der Waals surface area contributed by atoms with E-state index in [-0.39, 0.29) is 25.4 Å². The molecule has 3 rings (SSSR count). The molecule has 8 nitrogen and oxygen atoms in total. The summed E-state index contributed by atoms with van der Waals surface area (Å²) in [6, 6.07) is 13.2. The molecular formula is C21H23N3O5. The maximum Gasteiger partial charge on any atom is 0.325 e. The van der Waals surface area contributed by atoms with Gasteiger partial charge in [-0.15, -0.1) is 0 Å². The second-order valence-electron chi connectivity index (χ2n) is 6.58. The molecule has 0 unspecified atom stereocenters. The number of nitrogens with zero attached hydrogens (tertiary/aromatic N) is 1. The van der Waals surface area contributed by atoms with Crippen LogP contribution in [-0.4, -0.2) is 43.0 Å². The summed E-state index contributed by atoms with van der Waals surface area (Å²) in [5.41, 5.74) is 1.66. The summed E-state index contributed by atoms with van der Waals surface area (Å²) in [4.78, 5) is 38.0. The van der Waals surface area contributed by atoms with Crippen LogP contribution in [0.15, 0.2) is 48.5 Å². The molecule has 0 aromatic heterocycles. The molecule has 1 heterocycles. The van der Waals surface area contributed by atoms with Crippen molar-refractivity contribution in [3.63, 3.8) is 0 Å². The molecule has 1 saturated heterocycles. The third-order valence-electron chi connectivity index (χ3n) is 4.62. The number of carbonyl (C=O) groups is 3. The molecule has 0 aliphatic carbocycles. The number of ether oxygens (including phenoxy) is 2. The fraction of sp³-hybridized carbons (Fsp3) is 0.286. The Bertz CT molecular complexity index is 900. The Labute approximate surface area is 168 Å². The van der Waals surface area contributed by atoms with Crippen LogP contribution < -0.4 is 20.1 Å². The molecule has 152 valence electrons. The molecular weight excluding hydrogens is 374 g/mol. The number of hydrogen-bond donors (Lipinski definition) is 2. The van der Waals surface area contributed by atoms with E-state index in [1.54, 1.807) is 19.2 Å². The van der Waals surface area contributed by atoms with Gasteiger partial charge in [-0.05, 0) is 23.3 Å². The third kappa shape index (κ3) is 4.84. The Morgan fingerprint density at radius 1 is 1.03 bits per heavy atom. The molecule has 4 amide bonds. The fourth-order valence-corrected chi connectivity index (χ4v) is 3.08. The molecule has 1 fully saturated rings. The van der Waals surface area contributed by atoms with Crippen molar-refractivity contribution >= 4 is 17.8 Å². The van der Waals surface area contributed by atoms with E-state index in [1.165, 1.54) is 7.11 Å². The molecule has 29 heavy (non-hydrogen) atoms. The summed E-state index contributed by atoms with van der Waals surface area (Å²) in [6.07, 6.45) is -0.122. The first-order valence-corrected chi connectivity index (χ1v) is 9.15. The summed E-state index contributed by atoms with van der Waals surface area (Å²) < 4.78 is 10.4. The lowest BCUT2D eigenvalue weighted by molar-refractivity contribution is -0.131. The van der Waals surface area contributed by atoms with Gasteiger partial charge in [-0.1, -0.05) is 36.4 Å². The molecule has 8 heteroatoms. The van der Waals surface area contributed by atoms with Gasteiger partial charge in [0.15, 0.2) is 11.5 Å². The molecule has 2 aromatic carbocycles. The molecule has 0 radical (unpaired) electrons. The van der Waals surface area contributed by atoms with Gasteiger partial charge >= 0.3 is 6.03 Å². The van der Waals surface area contributed by atoms with Gasteiger partial charge in [0.05, 0.1) is 27.2 Å². The van der Waals surface area contributed by atoms with E-state index >= 15 is 0 Å². The zero-order valence-electron chi connectivity index (χ0n) is 16.3. The number of imide groups is 1. The number of methoxy groups -OCH3 is 2. The van der Waals surface area contributed by atoms with Crippen LogP contribution in [0.1, 0.15) is 17.5 Å². The highest BCUT2D eigenvalue weighted by molar-refractivity contribution is 6.05. The Morgan fingerprint density at radius 2 is 1.76 bits per heavy atom. The number of benzene rings is 2.